The van der Waals surface area contributed by atoms with Gasteiger partial charge in [-0.2, -0.15) is 0 Å². The topological polar surface area (TPSA) is 58.6 Å². The Balaban J connectivity index is 1.81. The van der Waals surface area contributed by atoms with E-state index in [-0.39, 0.29) is 18.4 Å². The number of ether oxygens (including phenoxy) is 1. The fourth-order valence-electron chi connectivity index (χ4n) is 2.40. The lowest BCUT2D eigenvalue weighted by Crippen LogP contribution is -2.35. The second-order valence-corrected chi connectivity index (χ2v) is 6.02. The van der Waals surface area contributed by atoms with Crippen LogP contribution >= 0.6 is 0 Å². The van der Waals surface area contributed by atoms with Gasteiger partial charge in [-0.25, -0.2) is 0 Å². The van der Waals surface area contributed by atoms with Crippen molar-refractivity contribution in [3.8, 4) is 5.75 Å². The summed E-state index contributed by atoms with van der Waals surface area (Å²) in [6.45, 7) is 2.05. The summed E-state index contributed by atoms with van der Waals surface area (Å²) >= 11 is 0. The Morgan fingerprint density at radius 3 is 2.52 bits per heavy atom. The summed E-state index contributed by atoms with van der Waals surface area (Å²) in [6, 6.07) is 15.2. The maximum Gasteiger partial charge on any atom is 0.243 e. The molecule has 0 radical (unpaired) electrons. The summed E-state index contributed by atoms with van der Waals surface area (Å²) in [5.74, 6) is 0.376. The van der Waals surface area contributed by atoms with E-state index in [1.807, 2.05) is 31.2 Å². The van der Waals surface area contributed by atoms with Crippen molar-refractivity contribution in [1.82, 2.24) is 4.90 Å². The summed E-state index contributed by atoms with van der Waals surface area (Å²) in [5, 5.41) is 2.77. The molecule has 5 nitrogen and oxygen atoms in total. The van der Waals surface area contributed by atoms with Gasteiger partial charge in [-0.05, 0) is 31.0 Å². The largest absolute Gasteiger partial charge is 0.497 e. The van der Waals surface area contributed by atoms with Crippen LogP contribution in [0.3, 0.4) is 0 Å². The van der Waals surface area contributed by atoms with E-state index in [1.165, 1.54) is 10.5 Å². The summed E-state index contributed by atoms with van der Waals surface area (Å²) in [5.41, 5.74) is 2.96. The molecule has 0 heterocycles. The van der Waals surface area contributed by atoms with E-state index in [1.54, 1.807) is 38.4 Å². The molecule has 2 aromatic rings. The van der Waals surface area contributed by atoms with Crippen LogP contribution in [-0.2, 0) is 16.0 Å². The lowest BCUT2D eigenvalue weighted by molar-refractivity contribution is -0.133. The van der Waals surface area contributed by atoms with Gasteiger partial charge < -0.3 is 15.0 Å². The lowest BCUT2D eigenvalue weighted by Gasteiger charge is -2.17. The van der Waals surface area contributed by atoms with Crippen molar-refractivity contribution in [2.45, 2.75) is 19.8 Å². The maximum atomic E-state index is 12.2. The van der Waals surface area contributed by atoms with Crippen molar-refractivity contribution >= 4 is 17.5 Å². The smallest absolute Gasteiger partial charge is 0.243 e. The highest BCUT2D eigenvalue weighted by Crippen LogP contribution is 2.16. The third kappa shape index (κ3) is 5.95. The first-order chi connectivity index (χ1) is 12.0. The standard InChI is InChI=1S/C20H24N2O3/c1-15-7-9-16(10-8-15)11-12-20(24)22(2)14-19(23)21-17-5-4-6-18(13-17)25-3/h4-10,13H,11-12,14H2,1-3H3,(H,21,23). The van der Waals surface area contributed by atoms with Crippen LogP contribution < -0.4 is 10.1 Å². The highest BCUT2D eigenvalue weighted by Gasteiger charge is 2.13. The molecule has 0 fully saturated rings. The van der Waals surface area contributed by atoms with Crippen molar-refractivity contribution in [2.24, 2.45) is 0 Å². The number of aryl methyl sites for hydroxylation is 2. The van der Waals surface area contributed by atoms with Crippen LogP contribution in [0.5, 0.6) is 5.75 Å². The molecule has 1 N–H and O–H groups in total. The number of anilines is 1. The molecule has 0 aliphatic rings. The van der Waals surface area contributed by atoms with Gasteiger partial charge in [0.15, 0.2) is 0 Å². The van der Waals surface area contributed by atoms with Gasteiger partial charge in [0, 0.05) is 25.2 Å². The quantitative estimate of drug-likeness (QED) is 0.843. The van der Waals surface area contributed by atoms with Gasteiger partial charge in [-0.3, -0.25) is 9.59 Å². The fraction of sp³-hybridized carbons (Fsp3) is 0.300. The molecule has 0 spiro atoms. The Labute approximate surface area is 148 Å². The van der Waals surface area contributed by atoms with Crippen LogP contribution in [0.25, 0.3) is 0 Å². The van der Waals surface area contributed by atoms with Gasteiger partial charge in [0.2, 0.25) is 11.8 Å². The molecule has 5 heteroatoms. The van der Waals surface area contributed by atoms with Gasteiger partial charge in [0.05, 0.1) is 13.7 Å². The Bertz CT molecular complexity index is 726. The minimum atomic E-state index is -0.237. The molecular weight excluding hydrogens is 316 g/mol. The van der Waals surface area contributed by atoms with Gasteiger partial charge in [-0.15, -0.1) is 0 Å². The van der Waals surface area contributed by atoms with Gasteiger partial charge in [0.25, 0.3) is 0 Å². The minimum Gasteiger partial charge on any atom is -0.497 e. The van der Waals surface area contributed by atoms with E-state index in [0.29, 0.717) is 24.3 Å². The number of likely N-dealkylation sites (N-methyl/N-ethyl adjacent to an activating group) is 1. The van der Waals surface area contributed by atoms with E-state index in [0.717, 1.165) is 5.56 Å². The normalized spacial score (nSPS) is 10.2. The molecule has 2 rings (SSSR count). The van der Waals surface area contributed by atoms with E-state index in [2.05, 4.69) is 5.32 Å². The predicted molar refractivity (Wildman–Crippen MR) is 98.8 cm³/mol. The number of carbonyl (C=O) groups excluding carboxylic acids is 2. The summed E-state index contributed by atoms with van der Waals surface area (Å²) in [6.07, 6.45) is 1.05. The molecule has 0 aromatic heterocycles. The first-order valence-corrected chi connectivity index (χ1v) is 8.21. The molecule has 25 heavy (non-hydrogen) atoms. The molecule has 132 valence electrons. The van der Waals surface area contributed by atoms with Crippen molar-refractivity contribution < 1.29 is 14.3 Å². The molecule has 0 unspecified atom stereocenters. The zero-order valence-electron chi connectivity index (χ0n) is 14.9. The van der Waals surface area contributed by atoms with Crippen LogP contribution in [0.2, 0.25) is 0 Å². The zero-order valence-corrected chi connectivity index (χ0v) is 14.9. The second-order valence-electron chi connectivity index (χ2n) is 6.02. The summed E-state index contributed by atoms with van der Waals surface area (Å²) in [4.78, 5) is 25.7. The summed E-state index contributed by atoms with van der Waals surface area (Å²) in [7, 11) is 3.21. The molecule has 2 amide bonds. The Kier molecular flexibility index (Phi) is 6.57. The lowest BCUT2D eigenvalue weighted by atomic mass is 10.1. The zero-order chi connectivity index (χ0) is 18.2. The van der Waals surface area contributed by atoms with E-state index in [9.17, 15) is 9.59 Å². The number of rotatable bonds is 7. The molecule has 0 bridgehead atoms. The van der Waals surface area contributed by atoms with E-state index >= 15 is 0 Å². The Morgan fingerprint density at radius 1 is 1.12 bits per heavy atom. The highest BCUT2D eigenvalue weighted by atomic mass is 16.5. The number of hydrogen-bond acceptors (Lipinski definition) is 3. The average Bonchev–Trinajstić information content (AvgIpc) is 2.61. The van der Waals surface area contributed by atoms with E-state index in [4.69, 9.17) is 4.74 Å². The van der Waals surface area contributed by atoms with Crippen LogP contribution in [0.15, 0.2) is 48.5 Å². The van der Waals surface area contributed by atoms with Crippen LogP contribution in [0, 0.1) is 6.92 Å². The van der Waals surface area contributed by atoms with Crippen LogP contribution in [0.1, 0.15) is 17.5 Å². The maximum absolute atomic E-state index is 12.2. The fourth-order valence-corrected chi connectivity index (χ4v) is 2.40. The third-order valence-corrected chi connectivity index (χ3v) is 3.91. The first-order valence-electron chi connectivity index (χ1n) is 8.21. The molecule has 0 saturated heterocycles. The number of hydrogen-bond donors (Lipinski definition) is 1. The highest BCUT2D eigenvalue weighted by molar-refractivity contribution is 5.94. The number of nitrogens with zero attached hydrogens (tertiary/aromatic N) is 1. The first kappa shape index (κ1) is 18.5. The second kappa shape index (κ2) is 8.87. The van der Waals surface area contributed by atoms with Gasteiger partial charge >= 0.3 is 0 Å². The monoisotopic (exact) mass is 340 g/mol. The van der Waals surface area contributed by atoms with Crippen molar-refractivity contribution in [2.75, 3.05) is 26.0 Å². The third-order valence-electron chi connectivity index (χ3n) is 3.91. The molecule has 0 aliphatic heterocycles. The van der Waals surface area contributed by atoms with Gasteiger partial charge in [-0.1, -0.05) is 35.9 Å². The Morgan fingerprint density at radius 2 is 1.84 bits per heavy atom. The van der Waals surface area contributed by atoms with E-state index < -0.39 is 0 Å². The number of nitrogens with one attached hydrogen (secondary N) is 1. The Hall–Kier alpha value is -2.82. The number of methoxy groups -OCH3 is 1. The number of carbonyl (C=O) groups is 2. The summed E-state index contributed by atoms with van der Waals surface area (Å²) < 4.78 is 5.12. The molecule has 0 aliphatic carbocycles. The van der Waals surface area contributed by atoms with Crippen LogP contribution in [0.4, 0.5) is 5.69 Å². The van der Waals surface area contributed by atoms with Crippen molar-refractivity contribution in [1.29, 1.82) is 0 Å². The van der Waals surface area contributed by atoms with Crippen molar-refractivity contribution in [3.63, 3.8) is 0 Å². The average molecular weight is 340 g/mol. The molecule has 2 aromatic carbocycles. The molecular formula is C20H24N2O3. The van der Waals surface area contributed by atoms with Gasteiger partial charge in [0.1, 0.15) is 5.75 Å². The number of amides is 2. The van der Waals surface area contributed by atoms with Crippen LogP contribution in [-0.4, -0.2) is 37.4 Å². The predicted octanol–water partition coefficient (Wildman–Crippen LogP) is 3.03. The molecule has 0 saturated carbocycles. The molecule has 0 atom stereocenters. The number of benzene rings is 2. The minimum absolute atomic E-state index is 0.0178. The SMILES string of the molecule is COc1cccc(NC(=O)CN(C)C(=O)CCc2ccc(C)cc2)c1. The van der Waals surface area contributed by atoms with Crippen molar-refractivity contribution in [3.05, 3.63) is 59.7 Å².